The van der Waals surface area contributed by atoms with E-state index in [1.54, 1.807) is 12.1 Å². The molecule has 0 spiro atoms. The predicted octanol–water partition coefficient (Wildman–Crippen LogP) is 13.8. The monoisotopic (exact) mass is 1040 g/mol. The number of carbonyl (C=O) groups is 7. The molecule has 0 aromatic heterocycles. The van der Waals surface area contributed by atoms with Gasteiger partial charge >= 0.3 is 41.8 Å². The van der Waals surface area contributed by atoms with E-state index in [9.17, 15) is 33.6 Å². The third-order valence-electron chi connectivity index (χ3n) is 13.2. The summed E-state index contributed by atoms with van der Waals surface area (Å²) in [5.41, 5.74) is -0.871. The van der Waals surface area contributed by atoms with Crippen molar-refractivity contribution in [2.24, 2.45) is 17.3 Å². The van der Waals surface area contributed by atoms with Crippen LogP contribution in [0.3, 0.4) is 0 Å². The summed E-state index contributed by atoms with van der Waals surface area (Å²) in [6.45, 7) is 8.98. The van der Waals surface area contributed by atoms with E-state index < -0.39 is 48.4 Å². The maximum Gasteiger partial charge on any atom is 0.319 e. The van der Waals surface area contributed by atoms with Gasteiger partial charge in [0.25, 0.3) is 0 Å². The zero-order chi connectivity index (χ0) is 54.3. The van der Waals surface area contributed by atoms with E-state index in [1.165, 1.54) is 32.6 Å². The van der Waals surface area contributed by atoms with Crippen LogP contribution in [0.1, 0.15) is 246 Å². The molecule has 0 heterocycles. The Morgan fingerprint density at radius 2 is 0.649 bits per heavy atom. The fourth-order valence-electron chi connectivity index (χ4n) is 8.08. The molecule has 0 aliphatic rings. The van der Waals surface area contributed by atoms with Crippen molar-refractivity contribution in [1.29, 1.82) is 0 Å². The highest BCUT2D eigenvalue weighted by Gasteiger charge is 2.39. The number of esters is 7. The van der Waals surface area contributed by atoms with Crippen molar-refractivity contribution in [3.8, 4) is 0 Å². The van der Waals surface area contributed by atoms with E-state index in [0.29, 0.717) is 0 Å². The highest BCUT2D eigenvalue weighted by Crippen LogP contribution is 2.24. The Morgan fingerprint density at radius 1 is 0.365 bits per heavy atom. The maximum absolute atomic E-state index is 13.8. The van der Waals surface area contributed by atoms with Gasteiger partial charge in [0, 0.05) is 50.4 Å². The van der Waals surface area contributed by atoms with Crippen molar-refractivity contribution in [2.45, 2.75) is 247 Å². The van der Waals surface area contributed by atoms with Gasteiger partial charge in [-0.3, -0.25) is 33.6 Å². The van der Waals surface area contributed by atoms with E-state index in [4.69, 9.17) is 33.2 Å². The molecule has 0 saturated carbocycles. The van der Waals surface area contributed by atoms with Gasteiger partial charge in [-0.05, 0) is 51.0 Å². The molecule has 0 saturated heterocycles. The molecule has 424 valence electrons. The average molecular weight is 1050 g/mol. The number of rotatable bonds is 49. The summed E-state index contributed by atoms with van der Waals surface area (Å²) in [7, 11) is 0. The molecule has 0 amide bonds. The van der Waals surface area contributed by atoms with Crippen LogP contribution in [0.2, 0.25) is 0 Å². The second-order valence-electron chi connectivity index (χ2n) is 20.6. The summed E-state index contributed by atoms with van der Waals surface area (Å²) in [6, 6.07) is 9.06. The molecule has 1 rings (SSSR count). The van der Waals surface area contributed by atoms with Crippen LogP contribution in [0.5, 0.6) is 0 Å². The Kier molecular flexibility index (Phi) is 41.9. The minimum Gasteiger partial charge on any atom is -0.465 e. The SMILES string of the molecule is CCCCCCCCC(=O)OCC(CCC(=O)OCC(C)(COC(=O)CCC(COC(=O)CCCCCCCC)COC(=O)CCCCCCCC)C(=O)OCc1ccccc1)COC(=O)CCCCCCCC. The molecule has 0 bridgehead atoms. The van der Waals surface area contributed by atoms with Crippen molar-refractivity contribution in [3.05, 3.63) is 35.9 Å². The molecule has 0 aliphatic heterocycles. The van der Waals surface area contributed by atoms with Gasteiger partial charge < -0.3 is 33.2 Å². The fourth-order valence-corrected chi connectivity index (χ4v) is 8.08. The second-order valence-corrected chi connectivity index (χ2v) is 20.6. The smallest absolute Gasteiger partial charge is 0.319 e. The molecule has 1 aromatic carbocycles. The van der Waals surface area contributed by atoms with Crippen LogP contribution < -0.4 is 0 Å². The van der Waals surface area contributed by atoms with Crippen LogP contribution in [0, 0.1) is 17.3 Å². The normalized spacial score (nSPS) is 11.3. The predicted molar refractivity (Wildman–Crippen MR) is 288 cm³/mol. The molecule has 14 nitrogen and oxygen atoms in total. The first kappa shape index (κ1) is 67.5. The number of ether oxygens (including phenoxy) is 7. The molecule has 0 radical (unpaired) electrons. The van der Waals surface area contributed by atoms with Crippen molar-refractivity contribution in [1.82, 2.24) is 0 Å². The lowest BCUT2D eigenvalue weighted by molar-refractivity contribution is -0.171. The molecule has 14 heteroatoms. The van der Waals surface area contributed by atoms with Gasteiger partial charge in [-0.2, -0.15) is 0 Å². The number of hydrogen-bond acceptors (Lipinski definition) is 14. The highest BCUT2D eigenvalue weighted by atomic mass is 16.6. The second kappa shape index (κ2) is 45.9. The first-order valence-corrected chi connectivity index (χ1v) is 29.0. The first-order chi connectivity index (χ1) is 35.8. The summed E-state index contributed by atoms with van der Waals surface area (Å²) >= 11 is 0. The van der Waals surface area contributed by atoms with E-state index >= 15 is 0 Å². The van der Waals surface area contributed by atoms with Gasteiger partial charge in [-0.25, -0.2) is 0 Å². The third kappa shape index (κ3) is 38.1. The van der Waals surface area contributed by atoms with Crippen LogP contribution in [0.4, 0.5) is 0 Å². The van der Waals surface area contributed by atoms with Crippen molar-refractivity contribution in [2.75, 3.05) is 39.6 Å². The van der Waals surface area contributed by atoms with Crippen LogP contribution in [-0.2, 0) is 73.3 Å². The Labute approximate surface area is 446 Å². The van der Waals surface area contributed by atoms with Gasteiger partial charge in [-0.1, -0.05) is 186 Å². The maximum atomic E-state index is 13.8. The molecule has 0 N–H and O–H groups in total. The molecule has 0 fully saturated rings. The standard InChI is InChI=1S/C60H100O14/c1-6-10-14-18-22-29-35-53(61)68-44-51(45-69-54(62)36-30-23-19-15-11-7-2)39-41-57(65)73-48-60(5,59(67)72-43-50-33-27-26-28-34-50)49-74-58(66)42-40-52(46-70-55(63)37-31-24-20-16-12-8-3)47-71-56(64)38-32-25-21-17-13-9-4/h26-28,33-34,51-52H,6-25,29-32,35-49H2,1-5H3. The lowest BCUT2D eigenvalue weighted by atomic mass is 9.93. The van der Waals surface area contributed by atoms with Gasteiger partial charge in [0.1, 0.15) is 25.2 Å². The highest BCUT2D eigenvalue weighted by molar-refractivity contribution is 5.78. The summed E-state index contributed by atoms with van der Waals surface area (Å²) in [5, 5.41) is 0. The minimum absolute atomic E-state index is 0.0319. The third-order valence-corrected chi connectivity index (χ3v) is 13.2. The van der Waals surface area contributed by atoms with Crippen LogP contribution in [-0.4, -0.2) is 81.4 Å². The quantitative estimate of drug-likeness (QED) is 0.0341. The Hall–Kier alpha value is -4.49. The Morgan fingerprint density at radius 3 is 0.959 bits per heavy atom. The van der Waals surface area contributed by atoms with E-state index in [-0.39, 0.29) is 108 Å². The van der Waals surface area contributed by atoms with Crippen LogP contribution >= 0.6 is 0 Å². The van der Waals surface area contributed by atoms with E-state index in [0.717, 1.165) is 134 Å². The average Bonchev–Trinajstić information content (AvgIpc) is 3.40. The van der Waals surface area contributed by atoms with Gasteiger partial charge in [0.2, 0.25) is 0 Å². The lowest BCUT2D eigenvalue weighted by Crippen LogP contribution is -2.40. The van der Waals surface area contributed by atoms with E-state index in [1.807, 2.05) is 18.2 Å². The first-order valence-electron chi connectivity index (χ1n) is 29.0. The van der Waals surface area contributed by atoms with Crippen molar-refractivity contribution >= 4 is 41.8 Å². The molecule has 1 aromatic rings. The van der Waals surface area contributed by atoms with Gasteiger partial charge in [0.05, 0.1) is 26.4 Å². The zero-order valence-corrected chi connectivity index (χ0v) is 46.8. The number of benzene rings is 1. The van der Waals surface area contributed by atoms with Crippen molar-refractivity contribution < 1.29 is 66.7 Å². The summed E-state index contributed by atoms with van der Waals surface area (Å²) in [5.74, 6) is -4.36. The van der Waals surface area contributed by atoms with Crippen LogP contribution in [0.25, 0.3) is 0 Å². The number of hydrogen-bond donors (Lipinski definition) is 0. The topological polar surface area (TPSA) is 184 Å². The minimum atomic E-state index is -1.60. The van der Waals surface area contributed by atoms with Gasteiger partial charge in [0.15, 0.2) is 0 Å². The lowest BCUT2D eigenvalue weighted by Gasteiger charge is -2.27. The van der Waals surface area contributed by atoms with E-state index in [2.05, 4.69) is 27.7 Å². The Bertz CT molecular complexity index is 1480. The summed E-state index contributed by atoms with van der Waals surface area (Å²) < 4.78 is 39.4. The molecular formula is C60H100O14. The zero-order valence-electron chi connectivity index (χ0n) is 46.8. The number of carbonyl (C=O) groups excluding carboxylic acids is 7. The molecule has 0 unspecified atom stereocenters. The van der Waals surface area contributed by atoms with Crippen LogP contribution in [0.15, 0.2) is 30.3 Å². The molecular weight excluding hydrogens is 945 g/mol. The Balaban J connectivity index is 2.99. The largest absolute Gasteiger partial charge is 0.465 e. The summed E-state index contributed by atoms with van der Waals surface area (Å²) in [4.78, 5) is 91.1. The fraction of sp³-hybridized carbons (Fsp3) is 0.783. The summed E-state index contributed by atoms with van der Waals surface area (Å²) in [6.07, 6.45) is 25.9. The molecule has 0 atom stereocenters. The molecule has 0 aliphatic carbocycles. The van der Waals surface area contributed by atoms with Crippen molar-refractivity contribution in [3.63, 3.8) is 0 Å². The molecule has 74 heavy (non-hydrogen) atoms. The number of unbranched alkanes of at least 4 members (excludes halogenated alkanes) is 20. The van der Waals surface area contributed by atoms with Gasteiger partial charge in [-0.15, -0.1) is 0 Å².